The molecule has 4 aliphatic carbocycles. The van der Waals surface area contributed by atoms with E-state index in [1.165, 1.54) is 17.7 Å². The summed E-state index contributed by atoms with van der Waals surface area (Å²) in [6.45, 7) is 7.36. The zero-order chi connectivity index (χ0) is 31.2. The Morgan fingerprint density at radius 2 is 1.84 bits per heavy atom. The van der Waals surface area contributed by atoms with Crippen molar-refractivity contribution in [3.05, 3.63) is 50.1 Å². The van der Waals surface area contributed by atoms with Crippen molar-refractivity contribution in [1.29, 1.82) is 0 Å². The van der Waals surface area contributed by atoms with Gasteiger partial charge in [-0.3, -0.25) is 25.0 Å². The first-order chi connectivity index (χ1) is 20.3. The van der Waals surface area contributed by atoms with Crippen molar-refractivity contribution in [2.24, 2.45) is 34.5 Å². The van der Waals surface area contributed by atoms with Crippen LogP contribution >= 0.6 is 0 Å². The normalized spacial score (nSPS) is 35.5. The number of nitro groups is 2. The number of aliphatic hydroxyl groups excluding tert-OH is 1. The van der Waals surface area contributed by atoms with Crippen LogP contribution in [0, 0.1) is 54.7 Å². The highest BCUT2D eigenvalue weighted by Crippen LogP contribution is 2.69. The van der Waals surface area contributed by atoms with E-state index in [2.05, 4.69) is 37.5 Å². The molecule has 0 unspecified atom stereocenters. The van der Waals surface area contributed by atoms with Gasteiger partial charge in [0.1, 0.15) is 5.69 Å². The molecule has 0 aromatic heterocycles. The first kappa shape index (κ1) is 31.4. The Labute approximate surface area is 252 Å². The van der Waals surface area contributed by atoms with Gasteiger partial charge < -0.3 is 20.8 Å². The van der Waals surface area contributed by atoms with Gasteiger partial charge in [-0.05, 0) is 98.4 Å². The zero-order valence-corrected chi connectivity index (χ0v) is 25.5. The molecule has 0 spiro atoms. The number of carbonyl (C=O) groups excluding carboxylic acids is 1. The lowest BCUT2D eigenvalue weighted by atomic mass is 9.45. The summed E-state index contributed by atoms with van der Waals surface area (Å²) in [5, 5.41) is 50.7. The minimum absolute atomic E-state index is 0.0687. The second-order valence-electron chi connectivity index (χ2n) is 14.0. The number of rotatable bonds is 10. The standard InChI is InChI=1S/C32H46N4O7/c1-20(4-9-29(38)34-17-16-33-27-8-6-22(35(40)41)19-28(27)36(42)43)24-12-15-32(39)26-7-5-21-18-23(37)10-13-30(21,2)25(26)11-14-31(24,32)3/h5-6,8,19-20,23-26,33,37,39H,4,7,9-18H2,1-3H3,(H,34,38)/t20-,23+,24-,25+,26-,30+,31-,32-/m1/s1. The molecule has 11 heteroatoms. The molecule has 236 valence electrons. The Kier molecular flexibility index (Phi) is 8.61. The van der Waals surface area contributed by atoms with Crippen molar-refractivity contribution in [3.63, 3.8) is 0 Å². The fourth-order valence-electron chi connectivity index (χ4n) is 9.54. The first-order valence-corrected chi connectivity index (χ1v) is 15.8. The van der Waals surface area contributed by atoms with Crippen molar-refractivity contribution >= 4 is 23.0 Å². The van der Waals surface area contributed by atoms with Crippen LogP contribution in [0.4, 0.5) is 17.1 Å². The number of amides is 1. The second kappa shape index (κ2) is 11.8. The number of anilines is 1. The monoisotopic (exact) mass is 598 g/mol. The van der Waals surface area contributed by atoms with Crippen LogP contribution in [0.2, 0.25) is 0 Å². The first-order valence-electron chi connectivity index (χ1n) is 15.8. The zero-order valence-electron chi connectivity index (χ0n) is 25.5. The van der Waals surface area contributed by atoms with E-state index in [-0.39, 0.29) is 64.8 Å². The number of hydrogen-bond donors (Lipinski definition) is 4. The van der Waals surface area contributed by atoms with Crippen LogP contribution in [0.1, 0.15) is 85.0 Å². The highest BCUT2D eigenvalue weighted by Gasteiger charge is 2.66. The Bertz CT molecular complexity index is 1300. The third kappa shape index (κ3) is 5.54. The molecule has 4 N–H and O–H groups in total. The number of benzene rings is 1. The maximum absolute atomic E-state index is 12.7. The molecule has 8 atom stereocenters. The Hall–Kier alpha value is -3.05. The summed E-state index contributed by atoms with van der Waals surface area (Å²) in [7, 11) is 0. The molecule has 0 aliphatic heterocycles. The van der Waals surface area contributed by atoms with E-state index in [1.54, 1.807) is 0 Å². The lowest BCUT2D eigenvalue weighted by molar-refractivity contribution is -0.393. The topological polar surface area (TPSA) is 168 Å². The molecule has 3 saturated carbocycles. The Morgan fingerprint density at radius 1 is 1.07 bits per heavy atom. The van der Waals surface area contributed by atoms with Gasteiger partial charge >= 0.3 is 0 Å². The average molecular weight is 599 g/mol. The number of aliphatic hydroxyl groups is 2. The number of allylic oxidation sites excluding steroid dienone is 1. The van der Waals surface area contributed by atoms with Crippen LogP contribution in [0.15, 0.2) is 29.8 Å². The SMILES string of the molecule is C[C@H](CCC(=O)NCCNc1ccc([N+](=O)[O-])cc1[N+](=O)[O-])[C@H]1CC[C@@]2(O)[C@@H]3CC=C4C[C@@H](O)CC[C@]4(C)[C@H]3CC[C@]12C. The maximum Gasteiger partial charge on any atom is 0.299 e. The number of non-ortho nitro benzene ring substituents is 1. The summed E-state index contributed by atoms with van der Waals surface area (Å²) in [5.41, 5.74) is -0.0203. The third-order valence-corrected chi connectivity index (χ3v) is 12.0. The summed E-state index contributed by atoms with van der Waals surface area (Å²) < 4.78 is 0. The molecule has 3 fully saturated rings. The van der Waals surface area contributed by atoms with E-state index in [9.17, 15) is 35.2 Å². The minimum atomic E-state index is -0.718. The van der Waals surface area contributed by atoms with Gasteiger partial charge in [-0.15, -0.1) is 0 Å². The summed E-state index contributed by atoms with van der Waals surface area (Å²) >= 11 is 0. The molecule has 11 nitrogen and oxygen atoms in total. The molecule has 0 heterocycles. The van der Waals surface area contributed by atoms with Crippen LogP contribution in [0.5, 0.6) is 0 Å². The van der Waals surface area contributed by atoms with E-state index in [4.69, 9.17) is 0 Å². The van der Waals surface area contributed by atoms with Crippen molar-refractivity contribution in [2.45, 2.75) is 96.7 Å². The van der Waals surface area contributed by atoms with Gasteiger partial charge in [-0.1, -0.05) is 32.4 Å². The summed E-state index contributed by atoms with van der Waals surface area (Å²) in [5.74, 6) is 1.19. The van der Waals surface area contributed by atoms with Crippen LogP contribution in [-0.2, 0) is 4.79 Å². The van der Waals surface area contributed by atoms with Gasteiger partial charge in [0.05, 0.1) is 27.6 Å². The minimum Gasteiger partial charge on any atom is -0.393 e. The van der Waals surface area contributed by atoms with E-state index in [0.717, 1.165) is 63.9 Å². The number of carbonyl (C=O) groups is 1. The molecule has 0 saturated heterocycles. The smallest absolute Gasteiger partial charge is 0.299 e. The fraction of sp³-hybridized carbons (Fsp3) is 0.719. The van der Waals surface area contributed by atoms with Crippen LogP contribution in [-0.4, -0.2) is 50.8 Å². The van der Waals surface area contributed by atoms with Gasteiger partial charge in [-0.25, -0.2) is 0 Å². The predicted octanol–water partition coefficient (Wildman–Crippen LogP) is 5.50. The van der Waals surface area contributed by atoms with Crippen LogP contribution < -0.4 is 10.6 Å². The highest BCUT2D eigenvalue weighted by molar-refractivity contribution is 5.76. The molecular formula is C32H46N4O7. The number of fused-ring (bicyclic) bond motifs is 5. The molecule has 1 amide bonds. The molecule has 4 aliphatic rings. The van der Waals surface area contributed by atoms with Gasteiger partial charge in [0.15, 0.2) is 0 Å². The number of nitro benzene ring substituents is 2. The van der Waals surface area contributed by atoms with E-state index >= 15 is 0 Å². The van der Waals surface area contributed by atoms with E-state index < -0.39 is 15.4 Å². The van der Waals surface area contributed by atoms with Gasteiger partial charge in [-0.2, -0.15) is 0 Å². The van der Waals surface area contributed by atoms with Crippen molar-refractivity contribution < 1.29 is 24.9 Å². The summed E-state index contributed by atoms with van der Waals surface area (Å²) in [6, 6.07) is 3.43. The van der Waals surface area contributed by atoms with Gasteiger partial charge in [0, 0.05) is 25.6 Å². The van der Waals surface area contributed by atoms with Crippen molar-refractivity contribution in [1.82, 2.24) is 5.32 Å². The number of nitrogens with zero attached hydrogens (tertiary/aromatic N) is 2. The summed E-state index contributed by atoms with van der Waals surface area (Å²) in [4.78, 5) is 33.6. The predicted molar refractivity (Wildman–Crippen MR) is 162 cm³/mol. The lowest BCUT2D eigenvalue weighted by Gasteiger charge is -2.61. The Balaban J connectivity index is 1.13. The number of nitrogens with one attached hydrogen (secondary N) is 2. The molecule has 43 heavy (non-hydrogen) atoms. The molecule has 5 rings (SSSR count). The highest BCUT2D eigenvalue weighted by atomic mass is 16.6. The van der Waals surface area contributed by atoms with E-state index in [0.29, 0.717) is 18.3 Å². The Morgan fingerprint density at radius 3 is 2.56 bits per heavy atom. The number of hydrogen-bond acceptors (Lipinski definition) is 8. The van der Waals surface area contributed by atoms with E-state index in [1.807, 2.05) is 0 Å². The third-order valence-electron chi connectivity index (χ3n) is 12.0. The lowest BCUT2D eigenvalue weighted by Crippen LogP contribution is -2.60. The van der Waals surface area contributed by atoms with Crippen LogP contribution in [0.25, 0.3) is 0 Å². The van der Waals surface area contributed by atoms with Crippen LogP contribution in [0.3, 0.4) is 0 Å². The molecule has 0 radical (unpaired) electrons. The molecule has 0 bridgehead atoms. The van der Waals surface area contributed by atoms with Crippen molar-refractivity contribution in [3.8, 4) is 0 Å². The largest absolute Gasteiger partial charge is 0.393 e. The van der Waals surface area contributed by atoms with Gasteiger partial charge in [0.25, 0.3) is 11.4 Å². The molecular weight excluding hydrogens is 552 g/mol. The van der Waals surface area contributed by atoms with Gasteiger partial charge in [0.2, 0.25) is 5.91 Å². The molecule has 1 aromatic rings. The van der Waals surface area contributed by atoms with Crippen molar-refractivity contribution in [2.75, 3.05) is 18.4 Å². The maximum atomic E-state index is 12.7. The molecule has 1 aromatic carbocycles. The second-order valence-corrected chi connectivity index (χ2v) is 14.0. The quantitative estimate of drug-likeness (QED) is 0.118. The average Bonchev–Trinajstić information content (AvgIpc) is 3.25. The fourth-order valence-corrected chi connectivity index (χ4v) is 9.54. The summed E-state index contributed by atoms with van der Waals surface area (Å²) in [6.07, 6.45) is 10.5.